The van der Waals surface area contributed by atoms with Gasteiger partial charge in [0.05, 0.1) is 26.9 Å². The average Bonchev–Trinajstić information content (AvgIpc) is 3.78. The fourth-order valence-corrected chi connectivity index (χ4v) is 9.29. The van der Waals surface area contributed by atoms with Crippen LogP contribution in [0.3, 0.4) is 0 Å². The fraction of sp³-hybridized carbons (Fsp3) is 0. The summed E-state index contributed by atoms with van der Waals surface area (Å²) in [6.07, 6.45) is 0. The third-order valence-electron chi connectivity index (χ3n) is 10.4. The predicted molar refractivity (Wildman–Crippen MR) is 221 cm³/mol. The molecule has 0 N–H and O–H groups in total. The van der Waals surface area contributed by atoms with Gasteiger partial charge in [0, 0.05) is 48.4 Å². The summed E-state index contributed by atoms with van der Waals surface area (Å²) in [5.74, 6) is 0.728. The second-order valence-corrected chi connectivity index (χ2v) is 14.4. The van der Waals surface area contributed by atoms with Gasteiger partial charge in [0.25, 0.3) is 0 Å². The van der Waals surface area contributed by atoms with E-state index in [1.165, 1.54) is 52.8 Å². The summed E-state index contributed by atoms with van der Waals surface area (Å²) in [6.45, 7) is 0. The molecular formula is C48H29N3S. The highest BCUT2D eigenvalue weighted by atomic mass is 32.1. The molecule has 11 rings (SSSR count). The van der Waals surface area contributed by atoms with Gasteiger partial charge in [-0.05, 0) is 52.2 Å². The van der Waals surface area contributed by atoms with Gasteiger partial charge in [-0.25, -0.2) is 9.97 Å². The molecule has 3 aromatic heterocycles. The van der Waals surface area contributed by atoms with Gasteiger partial charge in [-0.3, -0.25) is 0 Å². The van der Waals surface area contributed by atoms with Crippen molar-refractivity contribution in [2.45, 2.75) is 0 Å². The minimum absolute atomic E-state index is 0.728. The molecule has 0 bridgehead atoms. The molecule has 3 nitrogen and oxygen atoms in total. The first-order valence-corrected chi connectivity index (χ1v) is 18.4. The van der Waals surface area contributed by atoms with Crippen LogP contribution in [-0.4, -0.2) is 14.5 Å². The van der Waals surface area contributed by atoms with Gasteiger partial charge in [0.15, 0.2) is 5.82 Å². The van der Waals surface area contributed by atoms with E-state index in [4.69, 9.17) is 9.97 Å². The Hall–Kier alpha value is -6.62. The number of nitrogens with zero attached hydrogens (tertiary/aromatic N) is 3. The lowest BCUT2D eigenvalue weighted by Crippen LogP contribution is -1.95. The molecule has 52 heavy (non-hydrogen) atoms. The van der Waals surface area contributed by atoms with E-state index in [9.17, 15) is 0 Å². The number of aromatic nitrogens is 3. The van der Waals surface area contributed by atoms with Gasteiger partial charge in [-0.1, -0.05) is 146 Å². The van der Waals surface area contributed by atoms with Crippen molar-refractivity contribution in [1.29, 1.82) is 0 Å². The SMILES string of the molecule is c1ccc(-c2nc(-c3ccc(-c4ccc(-n5c6ccccc6c6c7ccccc7c7c8ccccc8sc7c65)cc4)cc3)nc3ccccc23)cc1. The monoisotopic (exact) mass is 679 g/mol. The summed E-state index contributed by atoms with van der Waals surface area (Å²) in [7, 11) is 0. The van der Waals surface area contributed by atoms with Crippen LogP contribution < -0.4 is 0 Å². The first-order chi connectivity index (χ1) is 25.8. The van der Waals surface area contributed by atoms with E-state index in [0.717, 1.165) is 50.4 Å². The number of thiophene rings is 1. The van der Waals surface area contributed by atoms with E-state index in [-0.39, 0.29) is 0 Å². The fourth-order valence-electron chi connectivity index (χ4n) is 8.03. The standard InChI is InChI=1S/C48H29N3S/c1-2-12-32(13-3-1)45-37-16-6-9-19-40(37)49-48(50-45)33-24-22-30(23-25-33)31-26-28-34(29-27-31)51-41-20-10-7-17-38(41)43-35-14-4-5-15-36(35)44-39-18-8-11-21-42(39)52-47(44)46(43)51/h1-29H. The second-order valence-electron chi connectivity index (χ2n) is 13.3. The summed E-state index contributed by atoms with van der Waals surface area (Å²) >= 11 is 1.90. The number of hydrogen-bond acceptors (Lipinski definition) is 3. The smallest absolute Gasteiger partial charge is 0.160 e. The highest BCUT2D eigenvalue weighted by molar-refractivity contribution is 7.27. The highest BCUT2D eigenvalue weighted by Crippen LogP contribution is 2.47. The molecule has 0 fully saturated rings. The molecule has 0 aliphatic carbocycles. The lowest BCUT2D eigenvalue weighted by atomic mass is 9.99. The number of hydrogen-bond donors (Lipinski definition) is 0. The van der Waals surface area contributed by atoms with Gasteiger partial charge in [-0.2, -0.15) is 0 Å². The van der Waals surface area contributed by atoms with Gasteiger partial charge >= 0.3 is 0 Å². The van der Waals surface area contributed by atoms with E-state index in [1.807, 2.05) is 29.5 Å². The Morgan fingerprint density at radius 2 is 0.981 bits per heavy atom. The van der Waals surface area contributed by atoms with Crippen LogP contribution in [0.2, 0.25) is 0 Å². The van der Waals surface area contributed by atoms with Crippen LogP contribution in [0.5, 0.6) is 0 Å². The molecule has 0 saturated heterocycles. The second kappa shape index (κ2) is 11.5. The molecule has 0 atom stereocenters. The third-order valence-corrected chi connectivity index (χ3v) is 11.6. The minimum Gasteiger partial charge on any atom is -0.308 e. The van der Waals surface area contributed by atoms with Crippen LogP contribution in [0.15, 0.2) is 176 Å². The Bertz CT molecular complexity index is 3160. The first-order valence-electron chi connectivity index (χ1n) is 17.6. The van der Waals surface area contributed by atoms with Crippen LogP contribution in [0.1, 0.15) is 0 Å². The zero-order chi connectivity index (χ0) is 34.2. The zero-order valence-corrected chi connectivity index (χ0v) is 28.8. The van der Waals surface area contributed by atoms with Crippen LogP contribution in [0.25, 0.3) is 103 Å². The van der Waals surface area contributed by atoms with Crippen molar-refractivity contribution in [3.63, 3.8) is 0 Å². The largest absolute Gasteiger partial charge is 0.308 e. The molecule has 0 amide bonds. The lowest BCUT2D eigenvalue weighted by Gasteiger charge is -2.12. The van der Waals surface area contributed by atoms with Crippen LogP contribution in [0.4, 0.5) is 0 Å². The van der Waals surface area contributed by atoms with Crippen molar-refractivity contribution in [3.8, 4) is 39.5 Å². The molecule has 0 unspecified atom stereocenters. The van der Waals surface area contributed by atoms with Crippen LogP contribution in [0, 0.1) is 0 Å². The first kappa shape index (κ1) is 29.1. The summed E-state index contributed by atoms with van der Waals surface area (Å²) in [4.78, 5) is 10.0. The van der Waals surface area contributed by atoms with E-state index < -0.39 is 0 Å². The molecule has 242 valence electrons. The van der Waals surface area contributed by atoms with Gasteiger partial charge in [0.1, 0.15) is 0 Å². The van der Waals surface area contributed by atoms with Gasteiger partial charge in [0.2, 0.25) is 0 Å². The summed E-state index contributed by atoms with van der Waals surface area (Å²) in [5.41, 5.74) is 9.94. The lowest BCUT2D eigenvalue weighted by molar-refractivity contribution is 1.19. The van der Waals surface area contributed by atoms with Crippen molar-refractivity contribution in [1.82, 2.24) is 14.5 Å². The maximum absolute atomic E-state index is 5.07. The normalized spacial score (nSPS) is 11.8. The van der Waals surface area contributed by atoms with Gasteiger partial charge < -0.3 is 4.57 Å². The maximum Gasteiger partial charge on any atom is 0.160 e. The molecule has 3 heterocycles. The molecule has 0 saturated carbocycles. The zero-order valence-electron chi connectivity index (χ0n) is 28.0. The van der Waals surface area contributed by atoms with Crippen LogP contribution >= 0.6 is 11.3 Å². The summed E-state index contributed by atoms with van der Waals surface area (Å²) < 4.78 is 5.12. The van der Waals surface area contributed by atoms with E-state index in [1.54, 1.807) is 0 Å². The summed E-state index contributed by atoms with van der Waals surface area (Å²) in [6, 6.07) is 62.9. The van der Waals surface area contributed by atoms with E-state index >= 15 is 0 Å². The number of para-hydroxylation sites is 2. The summed E-state index contributed by atoms with van der Waals surface area (Å²) in [5, 5.41) is 8.92. The quantitative estimate of drug-likeness (QED) is 0.185. The number of benzene rings is 8. The molecule has 0 aliphatic rings. The molecule has 0 aliphatic heterocycles. The van der Waals surface area contributed by atoms with E-state index in [2.05, 4.69) is 162 Å². The minimum atomic E-state index is 0.728. The van der Waals surface area contributed by atoms with Gasteiger partial charge in [-0.15, -0.1) is 11.3 Å². The Morgan fingerprint density at radius 3 is 1.75 bits per heavy atom. The molecule has 11 aromatic rings. The highest BCUT2D eigenvalue weighted by Gasteiger charge is 2.21. The van der Waals surface area contributed by atoms with Crippen molar-refractivity contribution < 1.29 is 0 Å². The van der Waals surface area contributed by atoms with Crippen LogP contribution in [-0.2, 0) is 0 Å². The number of rotatable bonds is 4. The Labute approximate surface area is 303 Å². The van der Waals surface area contributed by atoms with Crippen molar-refractivity contribution in [2.24, 2.45) is 0 Å². The van der Waals surface area contributed by atoms with E-state index in [0.29, 0.717) is 0 Å². The third kappa shape index (κ3) is 4.38. The van der Waals surface area contributed by atoms with Crippen molar-refractivity contribution >= 4 is 75.0 Å². The van der Waals surface area contributed by atoms with Crippen molar-refractivity contribution in [3.05, 3.63) is 176 Å². The molecule has 0 radical (unpaired) electrons. The maximum atomic E-state index is 5.07. The predicted octanol–water partition coefficient (Wildman–Crippen LogP) is 13.2. The Morgan fingerprint density at radius 1 is 0.404 bits per heavy atom. The Kier molecular flexibility index (Phi) is 6.42. The molecular weight excluding hydrogens is 651 g/mol. The van der Waals surface area contributed by atoms with Crippen molar-refractivity contribution in [2.75, 3.05) is 0 Å². The molecule has 8 aromatic carbocycles. The molecule has 0 spiro atoms. The topological polar surface area (TPSA) is 30.7 Å². The Balaban J connectivity index is 1.04. The molecule has 4 heteroatoms. The number of fused-ring (bicyclic) bond motifs is 11. The average molecular weight is 680 g/mol.